The Hall–Kier alpha value is -2.70. The fourth-order valence-electron chi connectivity index (χ4n) is 3.22. The fraction of sp³-hybridized carbons (Fsp3) is 0.412. The lowest BCUT2D eigenvalue weighted by Gasteiger charge is -2.35. The zero-order chi connectivity index (χ0) is 17.3. The average Bonchev–Trinajstić information content (AvgIpc) is 2.60. The first kappa shape index (κ1) is 16.2. The van der Waals surface area contributed by atoms with Gasteiger partial charge in [-0.15, -0.1) is 0 Å². The van der Waals surface area contributed by atoms with Crippen molar-refractivity contribution < 1.29 is 14.1 Å². The molecule has 7 nitrogen and oxygen atoms in total. The number of likely N-dealkylation sites (tertiary alicyclic amines) is 1. The second-order valence-electron chi connectivity index (χ2n) is 5.98. The van der Waals surface area contributed by atoms with Gasteiger partial charge in [0.25, 0.3) is 11.6 Å². The Morgan fingerprint density at radius 3 is 2.88 bits per heavy atom. The van der Waals surface area contributed by atoms with E-state index in [1.54, 1.807) is 4.90 Å². The van der Waals surface area contributed by atoms with Gasteiger partial charge in [0.05, 0.1) is 4.92 Å². The van der Waals surface area contributed by atoms with Gasteiger partial charge in [-0.3, -0.25) is 14.9 Å². The first-order chi connectivity index (χ1) is 11.5. The van der Waals surface area contributed by atoms with Crippen LogP contribution in [0, 0.1) is 10.1 Å². The highest BCUT2D eigenvalue weighted by Crippen LogP contribution is 2.24. The van der Waals surface area contributed by atoms with Gasteiger partial charge in [-0.1, -0.05) is 6.92 Å². The first-order valence-corrected chi connectivity index (χ1v) is 8.04. The van der Waals surface area contributed by atoms with Crippen molar-refractivity contribution in [2.45, 2.75) is 38.6 Å². The summed E-state index contributed by atoms with van der Waals surface area (Å²) in [5.41, 5.74) is -0.655. The van der Waals surface area contributed by atoms with E-state index in [9.17, 15) is 19.7 Å². The summed E-state index contributed by atoms with van der Waals surface area (Å²) >= 11 is 0. The van der Waals surface area contributed by atoms with E-state index >= 15 is 0 Å². The quantitative estimate of drug-likeness (QED) is 0.489. The Morgan fingerprint density at radius 1 is 1.38 bits per heavy atom. The van der Waals surface area contributed by atoms with Crippen LogP contribution in [-0.4, -0.2) is 28.3 Å². The number of piperidine rings is 1. The molecular weight excluding hydrogens is 312 g/mol. The number of non-ortho nitro benzene ring substituents is 1. The van der Waals surface area contributed by atoms with E-state index in [2.05, 4.69) is 0 Å². The van der Waals surface area contributed by atoms with Crippen LogP contribution < -0.4 is 5.63 Å². The van der Waals surface area contributed by atoms with Gasteiger partial charge in [-0.25, -0.2) is 4.79 Å². The molecule has 0 spiro atoms. The summed E-state index contributed by atoms with van der Waals surface area (Å²) in [4.78, 5) is 37.1. The molecule has 126 valence electrons. The lowest BCUT2D eigenvalue weighted by Crippen LogP contribution is -2.44. The van der Waals surface area contributed by atoms with E-state index in [0.29, 0.717) is 11.9 Å². The molecular formula is C17H18N2O5. The molecule has 1 fully saturated rings. The molecule has 0 saturated carbocycles. The number of carbonyl (C=O) groups excluding carboxylic acids is 1. The first-order valence-electron chi connectivity index (χ1n) is 8.04. The van der Waals surface area contributed by atoms with Gasteiger partial charge < -0.3 is 9.32 Å². The summed E-state index contributed by atoms with van der Waals surface area (Å²) in [5.74, 6) is -0.358. The molecule has 0 unspecified atom stereocenters. The number of hydrogen-bond donors (Lipinski definition) is 0. The van der Waals surface area contributed by atoms with Crippen molar-refractivity contribution in [1.82, 2.24) is 4.90 Å². The van der Waals surface area contributed by atoms with E-state index in [4.69, 9.17) is 4.42 Å². The Kier molecular flexibility index (Phi) is 4.33. The molecule has 1 aromatic carbocycles. The van der Waals surface area contributed by atoms with Crippen molar-refractivity contribution in [3.05, 3.63) is 50.4 Å². The topological polar surface area (TPSA) is 93.7 Å². The number of fused-ring (bicyclic) bond motifs is 1. The van der Waals surface area contributed by atoms with Crippen molar-refractivity contribution in [2.24, 2.45) is 0 Å². The van der Waals surface area contributed by atoms with Crippen LogP contribution in [0.25, 0.3) is 11.0 Å². The Bertz CT molecular complexity index is 858. The molecule has 1 atom stereocenters. The second-order valence-corrected chi connectivity index (χ2v) is 5.98. The van der Waals surface area contributed by atoms with E-state index in [1.165, 1.54) is 24.3 Å². The number of amides is 1. The van der Waals surface area contributed by atoms with Gasteiger partial charge in [-0.2, -0.15) is 0 Å². The van der Waals surface area contributed by atoms with Gasteiger partial charge in [0, 0.05) is 30.1 Å². The Labute approximate surface area is 138 Å². The Balaban J connectivity index is 2.04. The number of nitro benzene ring substituents is 1. The highest BCUT2D eigenvalue weighted by Gasteiger charge is 2.28. The Morgan fingerprint density at radius 2 is 2.17 bits per heavy atom. The molecule has 24 heavy (non-hydrogen) atoms. The molecule has 3 rings (SSSR count). The van der Waals surface area contributed by atoms with Crippen LogP contribution in [0.3, 0.4) is 0 Å². The highest BCUT2D eigenvalue weighted by atomic mass is 16.6. The van der Waals surface area contributed by atoms with Gasteiger partial charge in [0.1, 0.15) is 11.1 Å². The van der Waals surface area contributed by atoms with Gasteiger partial charge in [0.15, 0.2) is 0 Å². The SMILES string of the molecule is CC[C@H]1CCCCN1C(=O)c1cc2cc([N+](=O)[O-])ccc2oc1=O. The predicted molar refractivity (Wildman–Crippen MR) is 88.1 cm³/mol. The fourth-order valence-corrected chi connectivity index (χ4v) is 3.22. The number of hydrogen-bond acceptors (Lipinski definition) is 5. The molecule has 0 aliphatic carbocycles. The average molecular weight is 330 g/mol. The third-order valence-electron chi connectivity index (χ3n) is 4.52. The van der Waals surface area contributed by atoms with Crippen LogP contribution in [0.5, 0.6) is 0 Å². The number of rotatable bonds is 3. The molecule has 1 aliphatic heterocycles. The summed E-state index contributed by atoms with van der Waals surface area (Å²) < 4.78 is 5.18. The van der Waals surface area contributed by atoms with E-state index in [1.807, 2.05) is 6.92 Å². The minimum absolute atomic E-state index is 0.0663. The molecule has 1 amide bonds. The zero-order valence-electron chi connectivity index (χ0n) is 13.4. The normalized spacial score (nSPS) is 17.9. The molecule has 2 heterocycles. The van der Waals surface area contributed by atoms with Crippen LogP contribution in [0.2, 0.25) is 0 Å². The van der Waals surface area contributed by atoms with Crippen LogP contribution in [0.1, 0.15) is 43.0 Å². The van der Waals surface area contributed by atoms with E-state index in [-0.39, 0.29) is 28.8 Å². The summed E-state index contributed by atoms with van der Waals surface area (Å²) in [7, 11) is 0. The minimum Gasteiger partial charge on any atom is -0.422 e. The summed E-state index contributed by atoms with van der Waals surface area (Å²) in [5, 5.41) is 11.3. The lowest BCUT2D eigenvalue weighted by atomic mass is 9.99. The molecule has 1 aromatic heterocycles. The van der Waals surface area contributed by atoms with Crippen LogP contribution in [0.4, 0.5) is 5.69 Å². The maximum Gasteiger partial charge on any atom is 0.349 e. The van der Waals surface area contributed by atoms with Crippen molar-refractivity contribution in [1.29, 1.82) is 0 Å². The summed E-state index contributed by atoms with van der Waals surface area (Å²) in [6.07, 6.45) is 3.73. The predicted octanol–water partition coefficient (Wildman–Crippen LogP) is 3.11. The largest absolute Gasteiger partial charge is 0.422 e. The van der Waals surface area contributed by atoms with Crippen molar-refractivity contribution >= 4 is 22.6 Å². The molecule has 1 saturated heterocycles. The van der Waals surface area contributed by atoms with Gasteiger partial charge in [-0.05, 0) is 37.8 Å². The number of benzene rings is 1. The summed E-state index contributed by atoms with van der Waals surface area (Å²) in [6, 6.07) is 5.47. The number of carbonyl (C=O) groups is 1. The third-order valence-corrected chi connectivity index (χ3v) is 4.52. The summed E-state index contributed by atoms with van der Waals surface area (Å²) in [6.45, 7) is 2.63. The molecule has 7 heteroatoms. The lowest BCUT2D eigenvalue weighted by molar-refractivity contribution is -0.384. The maximum atomic E-state index is 12.8. The third kappa shape index (κ3) is 2.89. The van der Waals surface area contributed by atoms with E-state index in [0.717, 1.165) is 25.7 Å². The zero-order valence-corrected chi connectivity index (χ0v) is 13.4. The monoisotopic (exact) mass is 330 g/mol. The van der Waals surface area contributed by atoms with Crippen molar-refractivity contribution in [2.75, 3.05) is 6.54 Å². The van der Waals surface area contributed by atoms with Crippen LogP contribution in [0.15, 0.2) is 33.5 Å². The van der Waals surface area contributed by atoms with E-state index < -0.39 is 10.5 Å². The standard InChI is InChI=1S/C17H18N2O5/c1-2-12-5-3-4-8-18(12)16(20)14-10-11-9-13(19(22)23)6-7-15(11)24-17(14)21/h6-7,9-10,12H,2-5,8H2,1H3/t12-/m0/s1. The second kappa shape index (κ2) is 6.43. The van der Waals surface area contributed by atoms with Gasteiger partial charge >= 0.3 is 5.63 Å². The van der Waals surface area contributed by atoms with Crippen molar-refractivity contribution in [3.63, 3.8) is 0 Å². The smallest absolute Gasteiger partial charge is 0.349 e. The minimum atomic E-state index is -0.707. The van der Waals surface area contributed by atoms with Crippen LogP contribution >= 0.6 is 0 Å². The maximum absolute atomic E-state index is 12.8. The van der Waals surface area contributed by atoms with Crippen molar-refractivity contribution in [3.8, 4) is 0 Å². The molecule has 0 N–H and O–H groups in total. The number of nitrogens with zero attached hydrogens (tertiary/aromatic N) is 2. The van der Waals surface area contributed by atoms with Gasteiger partial charge in [0.2, 0.25) is 0 Å². The molecule has 2 aromatic rings. The molecule has 0 bridgehead atoms. The van der Waals surface area contributed by atoms with Crippen LogP contribution in [-0.2, 0) is 0 Å². The highest BCUT2D eigenvalue weighted by molar-refractivity contribution is 5.97. The number of nitro groups is 1. The molecule has 1 aliphatic rings. The molecule has 0 radical (unpaired) electrons.